The molecule has 0 bridgehead atoms. The fourth-order valence-electron chi connectivity index (χ4n) is 1.98. The topological polar surface area (TPSA) is 63.4 Å². The summed E-state index contributed by atoms with van der Waals surface area (Å²) in [5, 5.41) is 0. The molecule has 0 atom stereocenters. The van der Waals surface area contributed by atoms with Gasteiger partial charge in [0.15, 0.2) is 0 Å². The van der Waals surface area contributed by atoms with Crippen LogP contribution in [-0.4, -0.2) is 28.3 Å². The highest BCUT2D eigenvalue weighted by Gasteiger charge is 2.42. The van der Waals surface area contributed by atoms with Crippen molar-refractivity contribution in [2.24, 2.45) is 5.73 Å². The first-order chi connectivity index (χ1) is 7.89. The maximum absolute atomic E-state index is 11.4. The number of nitrogens with two attached hydrogens (primary N) is 1. The van der Waals surface area contributed by atoms with Crippen LogP contribution in [0.3, 0.4) is 0 Å². The Morgan fingerprint density at radius 2 is 1.82 bits per heavy atom. The predicted molar refractivity (Wildman–Crippen MR) is 69.7 cm³/mol. The molecular weight excluding hydrogens is 236 g/mol. The van der Waals surface area contributed by atoms with E-state index in [1.165, 1.54) is 16.1 Å². The van der Waals surface area contributed by atoms with Crippen molar-refractivity contribution in [2.45, 2.75) is 18.3 Å². The molecule has 1 aliphatic rings. The summed E-state index contributed by atoms with van der Waals surface area (Å²) in [5.41, 5.74) is 7.81. The average molecular weight is 254 g/mol. The van der Waals surface area contributed by atoms with Gasteiger partial charge in [-0.1, -0.05) is 12.1 Å². The molecule has 1 saturated carbocycles. The molecule has 5 heteroatoms. The van der Waals surface area contributed by atoms with Gasteiger partial charge in [-0.3, -0.25) is 4.31 Å². The van der Waals surface area contributed by atoms with Crippen molar-refractivity contribution in [3.63, 3.8) is 0 Å². The maximum atomic E-state index is 11.4. The van der Waals surface area contributed by atoms with E-state index in [0.717, 1.165) is 12.8 Å². The van der Waals surface area contributed by atoms with E-state index in [9.17, 15) is 8.42 Å². The van der Waals surface area contributed by atoms with Crippen LogP contribution in [0.25, 0.3) is 0 Å². The Kier molecular flexibility index (Phi) is 2.91. The summed E-state index contributed by atoms with van der Waals surface area (Å²) in [6.07, 6.45) is 3.46. The Morgan fingerprint density at radius 3 is 2.18 bits per heavy atom. The van der Waals surface area contributed by atoms with Crippen molar-refractivity contribution < 1.29 is 8.42 Å². The van der Waals surface area contributed by atoms with Gasteiger partial charge in [0.05, 0.1) is 11.9 Å². The summed E-state index contributed by atoms with van der Waals surface area (Å²) in [5.74, 6) is 0. The van der Waals surface area contributed by atoms with Gasteiger partial charge in [-0.15, -0.1) is 0 Å². The zero-order valence-corrected chi connectivity index (χ0v) is 11.0. The van der Waals surface area contributed by atoms with Gasteiger partial charge < -0.3 is 5.73 Å². The minimum absolute atomic E-state index is 0.155. The Balaban J connectivity index is 2.25. The first kappa shape index (κ1) is 12.4. The van der Waals surface area contributed by atoms with Crippen molar-refractivity contribution in [3.05, 3.63) is 29.8 Å². The second kappa shape index (κ2) is 3.99. The molecule has 0 radical (unpaired) electrons. The quantitative estimate of drug-likeness (QED) is 0.874. The van der Waals surface area contributed by atoms with Crippen LogP contribution >= 0.6 is 0 Å². The zero-order chi connectivity index (χ0) is 12.7. The lowest BCUT2D eigenvalue weighted by molar-refractivity contribution is 0.600. The van der Waals surface area contributed by atoms with E-state index in [4.69, 9.17) is 5.73 Å². The molecular formula is C12H18N2O2S. The molecule has 0 aliphatic heterocycles. The van der Waals surface area contributed by atoms with Crippen LogP contribution in [0.4, 0.5) is 5.69 Å². The van der Waals surface area contributed by atoms with Crippen LogP contribution in [0, 0.1) is 0 Å². The van der Waals surface area contributed by atoms with Crippen LogP contribution < -0.4 is 10.0 Å². The van der Waals surface area contributed by atoms with Crippen LogP contribution in [0.5, 0.6) is 0 Å². The molecule has 1 fully saturated rings. The monoisotopic (exact) mass is 254 g/mol. The molecule has 0 heterocycles. The van der Waals surface area contributed by atoms with Crippen LogP contribution in [0.2, 0.25) is 0 Å². The molecule has 2 rings (SSSR count). The summed E-state index contributed by atoms with van der Waals surface area (Å²) in [7, 11) is -1.63. The summed E-state index contributed by atoms with van der Waals surface area (Å²) < 4.78 is 24.1. The SMILES string of the molecule is CN(c1ccc(C2(CN)CC2)cc1)S(C)(=O)=O. The summed E-state index contributed by atoms with van der Waals surface area (Å²) in [6.45, 7) is 0.661. The van der Waals surface area contributed by atoms with E-state index in [2.05, 4.69) is 0 Å². The molecule has 0 spiro atoms. The number of anilines is 1. The van der Waals surface area contributed by atoms with Crippen molar-refractivity contribution in [1.82, 2.24) is 0 Å². The van der Waals surface area contributed by atoms with E-state index < -0.39 is 10.0 Å². The van der Waals surface area contributed by atoms with Crippen LogP contribution in [0.15, 0.2) is 24.3 Å². The lowest BCUT2D eigenvalue weighted by Gasteiger charge is -2.18. The summed E-state index contributed by atoms with van der Waals surface area (Å²) in [4.78, 5) is 0. The maximum Gasteiger partial charge on any atom is 0.231 e. The third-order valence-electron chi connectivity index (χ3n) is 3.59. The first-order valence-corrected chi connectivity index (χ1v) is 7.48. The van der Waals surface area contributed by atoms with Gasteiger partial charge >= 0.3 is 0 Å². The molecule has 0 aromatic heterocycles. The van der Waals surface area contributed by atoms with Crippen molar-refractivity contribution in [1.29, 1.82) is 0 Å². The van der Waals surface area contributed by atoms with E-state index in [1.807, 2.05) is 24.3 Å². The fraction of sp³-hybridized carbons (Fsp3) is 0.500. The van der Waals surface area contributed by atoms with Gasteiger partial charge in [0.2, 0.25) is 10.0 Å². The van der Waals surface area contributed by atoms with Crippen molar-refractivity contribution >= 4 is 15.7 Å². The van der Waals surface area contributed by atoms with Gasteiger partial charge in [-0.05, 0) is 30.5 Å². The molecule has 1 aromatic rings. The third-order valence-corrected chi connectivity index (χ3v) is 4.79. The summed E-state index contributed by atoms with van der Waals surface area (Å²) in [6, 6.07) is 7.64. The molecule has 94 valence electrons. The summed E-state index contributed by atoms with van der Waals surface area (Å²) >= 11 is 0. The normalized spacial score (nSPS) is 17.8. The number of hydrogen-bond donors (Lipinski definition) is 1. The molecule has 17 heavy (non-hydrogen) atoms. The van der Waals surface area contributed by atoms with Crippen LogP contribution in [0.1, 0.15) is 18.4 Å². The number of benzene rings is 1. The Morgan fingerprint density at radius 1 is 1.29 bits per heavy atom. The van der Waals surface area contributed by atoms with Crippen LogP contribution in [-0.2, 0) is 15.4 Å². The van der Waals surface area contributed by atoms with Gasteiger partial charge in [0.1, 0.15) is 0 Å². The smallest absolute Gasteiger partial charge is 0.231 e. The lowest BCUT2D eigenvalue weighted by Crippen LogP contribution is -2.25. The van der Waals surface area contributed by atoms with Crippen molar-refractivity contribution in [3.8, 4) is 0 Å². The molecule has 1 aliphatic carbocycles. The third kappa shape index (κ3) is 2.30. The van der Waals surface area contributed by atoms with Gasteiger partial charge in [0, 0.05) is 19.0 Å². The molecule has 0 amide bonds. The average Bonchev–Trinajstić information content (AvgIpc) is 3.08. The fourth-order valence-corrected chi connectivity index (χ4v) is 2.48. The number of sulfonamides is 1. The highest BCUT2D eigenvalue weighted by atomic mass is 32.2. The van der Waals surface area contributed by atoms with Gasteiger partial charge in [-0.2, -0.15) is 0 Å². The highest BCUT2D eigenvalue weighted by Crippen LogP contribution is 2.47. The van der Waals surface area contributed by atoms with Gasteiger partial charge in [-0.25, -0.2) is 8.42 Å². The highest BCUT2D eigenvalue weighted by molar-refractivity contribution is 7.92. The molecule has 0 unspecified atom stereocenters. The minimum Gasteiger partial charge on any atom is -0.330 e. The minimum atomic E-state index is -3.19. The number of hydrogen-bond acceptors (Lipinski definition) is 3. The van der Waals surface area contributed by atoms with E-state index >= 15 is 0 Å². The second-order valence-electron chi connectivity index (χ2n) is 4.76. The number of nitrogens with zero attached hydrogens (tertiary/aromatic N) is 1. The van der Waals surface area contributed by atoms with E-state index in [1.54, 1.807) is 7.05 Å². The zero-order valence-electron chi connectivity index (χ0n) is 10.2. The van der Waals surface area contributed by atoms with Crippen molar-refractivity contribution in [2.75, 3.05) is 24.2 Å². The van der Waals surface area contributed by atoms with E-state index in [-0.39, 0.29) is 5.41 Å². The molecule has 4 nitrogen and oxygen atoms in total. The first-order valence-electron chi connectivity index (χ1n) is 5.64. The Labute approximate surface area is 102 Å². The number of rotatable bonds is 4. The molecule has 0 saturated heterocycles. The standard InChI is InChI=1S/C12H18N2O2S/c1-14(17(2,15)16)11-5-3-10(4-6-11)12(9-13)7-8-12/h3-6H,7-9,13H2,1-2H3. The van der Waals surface area contributed by atoms with Gasteiger partial charge in [0.25, 0.3) is 0 Å². The predicted octanol–water partition coefficient (Wildman–Crippen LogP) is 1.07. The van der Waals surface area contributed by atoms with E-state index in [0.29, 0.717) is 12.2 Å². The Bertz CT molecular complexity index is 504. The largest absolute Gasteiger partial charge is 0.330 e. The molecule has 2 N–H and O–H groups in total. The Hall–Kier alpha value is -1.07. The lowest BCUT2D eigenvalue weighted by atomic mass is 9.96. The second-order valence-corrected chi connectivity index (χ2v) is 6.78. The molecule has 1 aromatic carbocycles.